The lowest BCUT2D eigenvalue weighted by Crippen LogP contribution is -2.25. The predicted molar refractivity (Wildman–Crippen MR) is 104 cm³/mol. The van der Waals surface area contributed by atoms with E-state index in [1.54, 1.807) is 30.6 Å². The standard InChI is InChI=1S/C21H15F3N4O2/c22-21(23,24)30-17-6-3-15(4-7-17)16-5-8-19-18(12-16)20(29)28(27-26-19)11-9-14-2-1-10-25-13-14/h1-8,10,12-13H,9,11H2. The van der Waals surface area contributed by atoms with Gasteiger partial charge in [0.15, 0.2) is 0 Å². The molecular weight excluding hydrogens is 397 g/mol. The van der Waals surface area contributed by atoms with Crippen molar-refractivity contribution in [2.24, 2.45) is 0 Å². The van der Waals surface area contributed by atoms with Gasteiger partial charge in [0.2, 0.25) is 0 Å². The lowest BCUT2D eigenvalue weighted by molar-refractivity contribution is -0.274. The summed E-state index contributed by atoms with van der Waals surface area (Å²) in [7, 11) is 0. The fourth-order valence-electron chi connectivity index (χ4n) is 3.03. The van der Waals surface area contributed by atoms with Crippen LogP contribution in [0.2, 0.25) is 0 Å². The number of hydrogen-bond donors (Lipinski definition) is 0. The van der Waals surface area contributed by atoms with Gasteiger partial charge in [0.05, 0.1) is 11.9 Å². The molecule has 6 nitrogen and oxygen atoms in total. The van der Waals surface area contributed by atoms with Crippen LogP contribution in [0.15, 0.2) is 71.8 Å². The van der Waals surface area contributed by atoms with Gasteiger partial charge in [-0.05, 0) is 53.4 Å². The maximum Gasteiger partial charge on any atom is 0.573 e. The van der Waals surface area contributed by atoms with Crippen LogP contribution in [0.4, 0.5) is 13.2 Å². The van der Waals surface area contributed by atoms with Crippen LogP contribution in [0.25, 0.3) is 22.0 Å². The first-order valence-electron chi connectivity index (χ1n) is 9.02. The number of ether oxygens (including phenoxy) is 1. The molecule has 0 atom stereocenters. The van der Waals surface area contributed by atoms with Crippen molar-refractivity contribution in [2.75, 3.05) is 0 Å². The topological polar surface area (TPSA) is 69.9 Å². The van der Waals surface area contributed by atoms with Crippen molar-refractivity contribution < 1.29 is 17.9 Å². The zero-order chi connectivity index (χ0) is 21.1. The molecule has 2 heterocycles. The Bertz CT molecular complexity index is 1220. The molecular formula is C21H15F3N4O2. The summed E-state index contributed by atoms with van der Waals surface area (Å²) in [4.78, 5) is 16.9. The number of halogens is 3. The molecule has 0 radical (unpaired) electrons. The van der Waals surface area contributed by atoms with Crippen molar-refractivity contribution in [2.45, 2.75) is 19.3 Å². The second-order valence-electron chi connectivity index (χ2n) is 6.53. The highest BCUT2D eigenvalue weighted by Crippen LogP contribution is 2.27. The molecule has 0 N–H and O–H groups in total. The van der Waals surface area contributed by atoms with E-state index in [9.17, 15) is 18.0 Å². The van der Waals surface area contributed by atoms with Gasteiger partial charge in [-0.3, -0.25) is 9.78 Å². The summed E-state index contributed by atoms with van der Waals surface area (Å²) in [5.74, 6) is -0.310. The van der Waals surface area contributed by atoms with Gasteiger partial charge in [-0.25, -0.2) is 4.68 Å². The predicted octanol–water partition coefficient (Wildman–Crippen LogP) is 3.99. The van der Waals surface area contributed by atoms with E-state index in [4.69, 9.17) is 0 Å². The van der Waals surface area contributed by atoms with E-state index in [0.717, 1.165) is 5.56 Å². The Kier molecular flexibility index (Phi) is 5.18. The van der Waals surface area contributed by atoms with E-state index in [2.05, 4.69) is 20.0 Å². The summed E-state index contributed by atoms with van der Waals surface area (Å²) < 4.78 is 42.1. The summed E-state index contributed by atoms with van der Waals surface area (Å²) in [6.45, 7) is 0.348. The third-order valence-electron chi connectivity index (χ3n) is 4.48. The van der Waals surface area contributed by atoms with Crippen LogP contribution in [-0.2, 0) is 13.0 Å². The maximum absolute atomic E-state index is 12.8. The SMILES string of the molecule is O=c1c2cc(-c3ccc(OC(F)(F)F)cc3)ccc2nnn1CCc1cccnc1. The number of rotatable bonds is 5. The number of aryl methyl sites for hydroxylation is 2. The van der Waals surface area contributed by atoms with Crippen LogP contribution >= 0.6 is 0 Å². The fourth-order valence-corrected chi connectivity index (χ4v) is 3.03. The van der Waals surface area contributed by atoms with Crippen molar-refractivity contribution in [3.8, 4) is 16.9 Å². The normalized spacial score (nSPS) is 11.6. The van der Waals surface area contributed by atoms with Gasteiger partial charge in [-0.1, -0.05) is 29.5 Å². The van der Waals surface area contributed by atoms with Crippen LogP contribution in [0.5, 0.6) is 5.75 Å². The Hall–Kier alpha value is -3.75. The number of alkyl halides is 3. The van der Waals surface area contributed by atoms with Gasteiger partial charge in [0.25, 0.3) is 5.56 Å². The van der Waals surface area contributed by atoms with Crippen molar-refractivity contribution >= 4 is 10.9 Å². The number of aromatic nitrogens is 4. The summed E-state index contributed by atoms with van der Waals surface area (Å²) in [6.07, 6.45) is -0.767. The molecule has 4 rings (SSSR count). The quantitative estimate of drug-likeness (QED) is 0.496. The lowest BCUT2D eigenvalue weighted by atomic mass is 10.0. The molecule has 2 aromatic carbocycles. The molecule has 0 aliphatic carbocycles. The highest BCUT2D eigenvalue weighted by Gasteiger charge is 2.30. The summed E-state index contributed by atoms with van der Waals surface area (Å²) >= 11 is 0. The maximum atomic E-state index is 12.8. The van der Waals surface area contributed by atoms with Gasteiger partial charge in [0, 0.05) is 12.4 Å². The van der Waals surface area contributed by atoms with Gasteiger partial charge in [-0.2, -0.15) is 0 Å². The van der Waals surface area contributed by atoms with E-state index in [1.807, 2.05) is 12.1 Å². The molecule has 0 amide bonds. The third kappa shape index (κ3) is 4.45. The van der Waals surface area contributed by atoms with Gasteiger partial charge in [0.1, 0.15) is 11.3 Å². The highest BCUT2D eigenvalue weighted by molar-refractivity contribution is 5.83. The van der Waals surface area contributed by atoms with Gasteiger partial charge >= 0.3 is 6.36 Å². The molecule has 9 heteroatoms. The van der Waals surface area contributed by atoms with E-state index in [1.165, 1.54) is 28.9 Å². The molecule has 2 aromatic heterocycles. The Morgan fingerprint density at radius 3 is 2.47 bits per heavy atom. The molecule has 0 fully saturated rings. The number of nitrogens with zero attached hydrogens (tertiary/aromatic N) is 4. The minimum atomic E-state index is -4.75. The molecule has 152 valence electrons. The number of hydrogen-bond acceptors (Lipinski definition) is 5. The molecule has 0 saturated carbocycles. The molecule has 0 aliphatic heterocycles. The summed E-state index contributed by atoms with van der Waals surface area (Å²) in [5.41, 5.74) is 2.44. The van der Waals surface area contributed by atoms with Crippen LogP contribution in [0.3, 0.4) is 0 Å². The van der Waals surface area contributed by atoms with Crippen LogP contribution in [0, 0.1) is 0 Å². The molecule has 4 aromatic rings. The Morgan fingerprint density at radius 2 is 1.77 bits per heavy atom. The molecule has 0 unspecified atom stereocenters. The van der Waals surface area contributed by atoms with Crippen molar-refractivity contribution in [3.05, 3.63) is 82.9 Å². The Morgan fingerprint density at radius 1 is 1.00 bits per heavy atom. The lowest BCUT2D eigenvalue weighted by Gasteiger charge is -2.10. The third-order valence-corrected chi connectivity index (χ3v) is 4.48. The monoisotopic (exact) mass is 412 g/mol. The largest absolute Gasteiger partial charge is 0.573 e. The average molecular weight is 412 g/mol. The van der Waals surface area contributed by atoms with Gasteiger partial charge in [-0.15, -0.1) is 18.3 Å². The molecule has 0 saturated heterocycles. The highest BCUT2D eigenvalue weighted by atomic mass is 19.4. The molecule has 0 spiro atoms. The van der Waals surface area contributed by atoms with Crippen molar-refractivity contribution in [1.29, 1.82) is 0 Å². The number of benzene rings is 2. The molecule has 30 heavy (non-hydrogen) atoms. The number of pyridine rings is 1. The summed E-state index contributed by atoms with van der Waals surface area (Å²) in [6, 6.07) is 14.2. The molecule has 0 bridgehead atoms. The van der Waals surface area contributed by atoms with Crippen molar-refractivity contribution in [3.63, 3.8) is 0 Å². The molecule has 0 aliphatic rings. The first kappa shape index (κ1) is 19.6. The second kappa shape index (κ2) is 7.94. The van der Waals surface area contributed by atoms with Crippen LogP contribution in [0.1, 0.15) is 5.56 Å². The van der Waals surface area contributed by atoms with Crippen LogP contribution < -0.4 is 10.3 Å². The van der Waals surface area contributed by atoms with Crippen LogP contribution in [-0.4, -0.2) is 26.3 Å². The minimum absolute atomic E-state index is 0.289. The summed E-state index contributed by atoms with van der Waals surface area (Å²) in [5, 5.41) is 8.46. The van der Waals surface area contributed by atoms with Gasteiger partial charge < -0.3 is 4.74 Å². The first-order chi connectivity index (χ1) is 14.4. The van der Waals surface area contributed by atoms with Crippen molar-refractivity contribution in [1.82, 2.24) is 20.0 Å². The zero-order valence-electron chi connectivity index (χ0n) is 15.5. The van der Waals surface area contributed by atoms with E-state index < -0.39 is 6.36 Å². The Balaban J connectivity index is 1.61. The average Bonchev–Trinajstić information content (AvgIpc) is 2.73. The Labute approximate surface area is 168 Å². The zero-order valence-corrected chi connectivity index (χ0v) is 15.5. The van der Waals surface area contributed by atoms with E-state index in [-0.39, 0.29) is 11.3 Å². The van der Waals surface area contributed by atoms with E-state index >= 15 is 0 Å². The number of fused-ring (bicyclic) bond motifs is 1. The smallest absolute Gasteiger partial charge is 0.406 e. The second-order valence-corrected chi connectivity index (χ2v) is 6.53. The fraction of sp³-hybridized carbons (Fsp3) is 0.143. The first-order valence-corrected chi connectivity index (χ1v) is 9.02. The van der Waals surface area contributed by atoms with E-state index in [0.29, 0.717) is 35.0 Å². The minimum Gasteiger partial charge on any atom is -0.406 e.